The number of nitrogens with zero attached hydrogens (tertiary/aromatic N) is 3. The summed E-state index contributed by atoms with van der Waals surface area (Å²) in [5.41, 5.74) is 1.72. The number of hydrogen-bond acceptors (Lipinski definition) is 4. The molecule has 0 fully saturated rings. The molecule has 0 aromatic carbocycles. The Bertz CT molecular complexity index is 360. The zero-order valence-corrected chi connectivity index (χ0v) is 12.0. The molecule has 0 spiro atoms. The quantitative estimate of drug-likeness (QED) is 0.809. The fourth-order valence-corrected chi connectivity index (χ4v) is 1.98. The normalized spacial score (nSPS) is 11.0. The summed E-state index contributed by atoms with van der Waals surface area (Å²) < 4.78 is 0. The van der Waals surface area contributed by atoms with Gasteiger partial charge in [-0.3, -0.25) is 0 Å². The number of aliphatic hydroxyl groups is 1. The molecule has 0 unspecified atom stereocenters. The van der Waals surface area contributed by atoms with Gasteiger partial charge in [-0.2, -0.15) is 0 Å². The maximum Gasteiger partial charge on any atom is 0.131 e. The lowest BCUT2D eigenvalue weighted by molar-refractivity contribution is 0.276. The minimum absolute atomic E-state index is 0.0263. The van der Waals surface area contributed by atoms with E-state index in [0.29, 0.717) is 0 Å². The van der Waals surface area contributed by atoms with Gasteiger partial charge in [0.25, 0.3) is 0 Å². The van der Waals surface area contributed by atoms with Gasteiger partial charge in [0, 0.05) is 19.0 Å². The zero-order valence-electron chi connectivity index (χ0n) is 12.0. The minimum Gasteiger partial charge on any atom is -0.390 e. The van der Waals surface area contributed by atoms with Crippen molar-refractivity contribution in [1.82, 2.24) is 9.97 Å². The van der Waals surface area contributed by atoms with Gasteiger partial charge in [0.1, 0.15) is 5.82 Å². The van der Waals surface area contributed by atoms with E-state index in [1.165, 1.54) is 0 Å². The van der Waals surface area contributed by atoms with Crippen LogP contribution in [-0.4, -0.2) is 28.2 Å². The highest BCUT2D eigenvalue weighted by Crippen LogP contribution is 2.21. The molecule has 0 radical (unpaired) electrons. The molecule has 1 aromatic rings. The first kappa shape index (κ1) is 14.9. The average molecular weight is 251 g/mol. The van der Waals surface area contributed by atoms with Gasteiger partial charge in [0.2, 0.25) is 0 Å². The fourth-order valence-electron chi connectivity index (χ4n) is 1.98. The molecule has 0 saturated carbocycles. The second-order valence-corrected chi connectivity index (χ2v) is 4.86. The van der Waals surface area contributed by atoms with E-state index in [1.807, 2.05) is 6.20 Å². The van der Waals surface area contributed by atoms with E-state index in [-0.39, 0.29) is 12.5 Å². The van der Waals surface area contributed by atoms with Gasteiger partial charge in [-0.15, -0.1) is 0 Å². The van der Waals surface area contributed by atoms with Gasteiger partial charge < -0.3 is 10.0 Å². The Morgan fingerprint density at radius 2 is 1.83 bits per heavy atom. The van der Waals surface area contributed by atoms with Crippen molar-refractivity contribution in [2.45, 2.75) is 53.1 Å². The molecule has 18 heavy (non-hydrogen) atoms. The first-order chi connectivity index (χ1) is 8.63. The first-order valence-corrected chi connectivity index (χ1v) is 6.85. The van der Waals surface area contributed by atoms with Crippen molar-refractivity contribution in [3.05, 3.63) is 17.7 Å². The molecule has 1 heterocycles. The van der Waals surface area contributed by atoms with Crippen LogP contribution in [0.1, 0.15) is 58.0 Å². The third kappa shape index (κ3) is 3.67. The van der Waals surface area contributed by atoms with Crippen molar-refractivity contribution >= 4 is 5.69 Å². The molecule has 1 N–H and O–H groups in total. The summed E-state index contributed by atoms with van der Waals surface area (Å²) in [6, 6.07) is 0. The minimum atomic E-state index is -0.0263. The van der Waals surface area contributed by atoms with E-state index in [9.17, 15) is 5.11 Å². The Kier molecular flexibility index (Phi) is 6.05. The number of anilines is 1. The van der Waals surface area contributed by atoms with E-state index < -0.39 is 0 Å². The Balaban J connectivity index is 3.05. The van der Waals surface area contributed by atoms with Crippen LogP contribution in [0, 0.1) is 0 Å². The topological polar surface area (TPSA) is 49.2 Å². The van der Waals surface area contributed by atoms with Crippen LogP contribution in [0.25, 0.3) is 0 Å². The van der Waals surface area contributed by atoms with E-state index in [2.05, 4.69) is 42.6 Å². The molecule has 1 aromatic heterocycles. The second-order valence-electron chi connectivity index (χ2n) is 4.86. The van der Waals surface area contributed by atoms with Crippen LogP contribution in [0.15, 0.2) is 6.20 Å². The second kappa shape index (κ2) is 7.31. The summed E-state index contributed by atoms with van der Waals surface area (Å²) in [6.07, 6.45) is 4.02. The molecule has 1 rings (SSSR count). The summed E-state index contributed by atoms with van der Waals surface area (Å²) in [5, 5.41) is 9.49. The first-order valence-electron chi connectivity index (χ1n) is 6.85. The summed E-state index contributed by atoms with van der Waals surface area (Å²) >= 11 is 0. The number of aromatic nitrogens is 2. The summed E-state index contributed by atoms with van der Waals surface area (Å²) in [6.45, 7) is 10.4. The van der Waals surface area contributed by atoms with Gasteiger partial charge in [0.15, 0.2) is 0 Å². The highest BCUT2D eigenvalue weighted by molar-refractivity contribution is 5.48. The van der Waals surface area contributed by atoms with Gasteiger partial charge in [-0.25, -0.2) is 9.97 Å². The van der Waals surface area contributed by atoms with E-state index in [1.54, 1.807) is 0 Å². The van der Waals surface area contributed by atoms with Gasteiger partial charge in [0.05, 0.1) is 24.2 Å². The predicted molar refractivity (Wildman–Crippen MR) is 74.8 cm³/mol. The maximum atomic E-state index is 9.49. The largest absolute Gasteiger partial charge is 0.390 e. The lowest BCUT2D eigenvalue weighted by Crippen LogP contribution is -2.27. The Labute approximate surface area is 110 Å². The molecule has 4 heteroatoms. The Morgan fingerprint density at radius 3 is 2.28 bits per heavy atom. The molecular formula is C14H25N3O. The van der Waals surface area contributed by atoms with Crippen LogP contribution in [0.4, 0.5) is 5.69 Å². The van der Waals surface area contributed by atoms with Crippen molar-refractivity contribution in [1.29, 1.82) is 0 Å². The molecule has 0 saturated heterocycles. The van der Waals surface area contributed by atoms with E-state index in [4.69, 9.17) is 0 Å². The lowest BCUT2D eigenvalue weighted by Gasteiger charge is -2.25. The van der Waals surface area contributed by atoms with Crippen molar-refractivity contribution < 1.29 is 5.11 Å². The van der Waals surface area contributed by atoms with Crippen molar-refractivity contribution in [2.75, 3.05) is 18.0 Å². The highest BCUT2D eigenvalue weighted by Gasteiger charge is 2.13. The maximum absolute atomic E-state index is 9.49. The van der Waals surface area contributed by atoms with Crippen LogP contribution in [0.3, 0.4) is 0 Å². The van der Waals surface area contributed by atoms with Crippen molar-refractivity contribution in [2.24, 2.45) is 0 Å². The van der Waals surface area contributed by atoms with Gasteiger partial charge in [-0.05, 0) is 12.8 Å². The number of rotatable bonds is 7. The van der Waals surface area contributed by atoms with Crippen molar-refractivity contribution in [3.8, 4) is 0 Å². The molecule has 4 nitrogen and oxygen atoms in total. The summed E-state index contributed by atoms with van der Waals surface area (Å²) in [4.78, 5) is 11.1. The molecule has 0 aliphatic heterocycles. The Hall–Kier alpha value is -1.16. The molecule has 0 amide bonds. The van der Waals surface area contributed by atoms with Crippen LogP contribution < -0.4 is 4.90 Å². The molecular weight excluding hydrogens is 226 g/mol. The van der Waals surface area contributed by atoms with Crippen molar-refractivity contribution in [3.63, 3.8) is 0 Å². The molecule has 0 atom stereocenters. The van der Waals surface area contributed by atoms with E-state index in [0.717, 1.165) is 43.1 Å². The van der Waals surface area contributed by atoms with Gasteiger partial charge in [-0.1, -0.05) is 27.7 Å². The van der Waals surface area contributed by atoms with Gasteiger partial charge >= 0.3 is 0 Å². The summed E-state index contributed by atoms with van der Waals surface area (Å²) in [7, 11) is 0. The van der Waals surface area contributed by atoms with E-state index >= 15 is 0 Å². The SMILES string of the molecule is CCCN(CCC)c1cnc(C(C)C)nc1CO. The van der Waals surface area contributed by atoms with Crippen LogP contribution in [-0.2, 0) is 6.61 Å². The van der Waals surface area contributed by atoms with Crippen LogP contribution >= 0.6 is 0 Å². The monoisotopic (exact) mass is 251 g/mol. The standard InChI is InChI=1S/C14H25N3O/c1-5-7-17(8-6-2)13-9-15-14(11(3)4)16-12(13)10-18/h9,11,18H,5-8,10H2,1-4H3. The lowest BCUT2D eigenvalue weighted by atomic mass is 10.2. The Morgan fingerprint density at radius 1 is 1.22 bits per heavy atom. The third-order valence-corrected chi connectivity index (χ3v) is 2.86. The van der Waals surface area contributed by atoms with Crippen LogP contribution in [0.2, 0.25) is 0 Å². The summed E-state index contributed by atoms with van der Waals surface area (Å²) in [5.74, 6) is 1.09. The molecule has 0 bridgehead atoms. The molecule has 102 valence electrons. The van der Waals surface area contributed by atoms with Crippen LogP contribution in [0.5, 0.6) is 0 Å². The third-order valence-electron chi connectivity index (χ3n) is 2.86. The zero-order chi connectivity index (χ0) is 13.5. The average Bonchev–Trinajstić information content (AvgIpc) is 2.37. The predicted octanol–water partition coefficient (Wildman–Crippen LogP) is 2.72. The highest BCUT2D eigenvalue weighted by atomic mass is 16.3. The number of aliphatic hydroxyl groups excluding tert-OH is 1. The smallest absolute Gasteiger partial charge is 0.131 e. The molecule has 0 aliphatic rings. The number of hydrogen-bond donors (Lipinski definition) is 1. The molecule has 0 aliphatic carbocycles. The fraction of sp³-hybridized carbons (Fsp3) is 0.714.